The summed E-state index contributed by atoms with van der Waals surface area (Å²) >= 11 is 0. The zero-order chi connectivity index (χ0) is 21.6. The number of amides is 1. The monoisotopic (exact) mass is 435 g/mol. The van der Waals surface area contributed by atoms with Crippen LogP contribution in [0, 0.1) is 5.92 Å². The van der Waals surface area contributed by atoms with Crippen LogP contribution in [0.4, 0.5) is 0 Å². The Bertz CT molecular complexity index is 1130. The first-order valence-corrected chi connectivity index (χ1v) is 12.2. The average Bonchev–Trinajstić information content (AvgIpc) is 3.17. The van der Waals surface area contributed by atoms with Crippen LogP contribution in [0.25, 0.3) is 5.65 Å². The average molecular weight is 436 g/mol. The molecule has 1 atom stereocenters. The van der Waals surface area contributed by atoms with E-state index in [1.807, 2.05) is 19.9 Å². The maximum atomic E-state index is 13.1. The van der Waals surface area contributed by atoms with E-state index in [9.17, 15) is 18.0 Å². The predicted octanol–water partition coefficient (Wildman–Crippen LogP) is 1.09. The summed E-state index contributed by atoms with van der Waals surface area (Å²) in [6, 6.07) is 1.86. The fraction of sp³-hybridized carbons (Fsp3) is 0.650. The minimum atomic E-state index is -3.24. The van der Waals surface area contributed by atoms with Crippen molar-refractivity contribution in [2.24, 2.45) is 5.92 Å². The summed E-state index contributed by atoms with van der Waals surface area (Å²) in [6.07, 6.45) is 2.20. The van der Waals surface area contributed by atoms with Gasteiger partial charge in [0.25, 0.3) is 5.56 Å². The van der Waals surface area contributed by atoms with Crippen LogP contribution in [0.15, 0.2) is 10.9 Å². The number of sulfonamides is 1. The zero-order valence-corrected chi connectivity index (χ0v) is 18.5. The number of nitrogens with zero attached hydrogens (tertiary/aromatic N) is 4. The van der Waals surface area contributed by atoms with Crippen LogP contribution in [0.1, 0.15) is 56.5 Å². The Balaban J connectivity index is 1.65. The second-order valence-corrected chi connectivity index (χ2v) is 10.8. The number of carbonyl (C=O) groups is 1. The molecule has 0 spiro atoms. The zero-order valence-electron chi connectivity index (χ0n) is 17.7. The summed E-state index contributed by atoms with van der Waals surface area (Å²) in [5.41, 5.74) is 2.49. The highest BCUT2D eigenvalue weighted by atomic mass is 32.2. The second kappa shape index (κ2) is 7.81. The van der Waals surface area contributed by atoms with Gasteiger partial charge in [0.2, 0.25) is 15.9 Å². The molecule has 1 N–H and O–H groups in total. The van der Waals surface area contributed by atoms with Crippen molar-refractivity contribution in [3.63, 3.8) is 0 Å². The van der Waals surface area contributed by atoms with E-state index in [0.717, 1.165) is 24.2 Å². The Morgan fingerprint density at radius 2 is 2.10 bits per heavy atom. The molecule has 0 unspecified atom stereocenters. The van der Waals surface area contributed by atoms with Gasteiger partial charge >= 0.3 is 0 Å². The minimum absolute atomic E-state index is 0.00257. The van der Waals surface area contributed by atoms with E-state index in [-0.39, 0.29) is 35.6 Å². The molecule has 1 fully saturated rings. The smallest absolute Gasteiger partial charge is 0.277 e. The Morgan fingerprint density at radius 1 is 1.33 bits per heavy atom. The van der Waals surface area contributed by atoms with Gasteiger partial charge in [-0.3, -0.25) is 14.7 Å². The van der Waals surface area contributed by atoms with E-state index in [1.165, 1.54) is 4.52 Å². The number of piperidine rings is 1. The molecule has 4 rings (SSSR count). The van der Waals surface area contributed by atoms with E-state index in [1.54, 1.807) is 16.1 Å². The third-order valence-corrected chi connectivity index (χ3v) is 8.02. The third kappa shape index (κ3) is 3.66. The molecule has 4 heterocycles. The lowest BCUT2D eigenvalue weighted by Gasteiger charge is -2.31. The van der Waals surface area contributed by atoms with Crippen LogP contribution < -0.4 is 5.56 Å². The van der Waals surface area contributed by atoms with Gasteiger partial charge in [-0.1, -0.05) is 13.8 Å². The van der Waals surface area contributed by atoms with Crippen molar-refractivity contribution < 1.29 is 13.2 Å². The summed E-state index contributed by atoms with van der Waals surface area (Å²) in [4.78, 5) is 31.9. The summed E-state index contributed by atoms with van der Waals surface area (Å²) in [6.45, 7) is 7.17. The van der Waals surface area contributed by atoms with Crippen molar-refractivity contribution >= 4 is 21.6 Å². The van der Waals surface area contributed by atoms with Crippen LogP contribution in [-0.2, 0) is 27.8 Å². The molecule has 30 heavy (non-hydrogen) atoms. The van der Waals surface area contributed by atoms with Crippen molar-refractivity contribution in [1.82, 2.24) is 23.8 Å². The number of H-pyrrole nitrogens is 1. The highest BCUT2D eigenvalue weighted by Crippen LogP contribution is 2.28. The highest BCUT2D eigenvalue weighted by molar-refractivity contribution is 7.89. The van der Waals surface area contributed by atoms with Gasteiger partial charge in [-0.05, 0) is 19.8 Å². The summed E-state index contributed by atoms with van der Waals surface area (Å²) < 4.78 is 27.5. The highest BCUT2D eigenvalue weighted by Gasteiger charge is 2.31. The molecule has 1 amide bonds. The number of carbonyl (C=O) groups excluding carboxylic acids is 1. The molecule has 10 heteroatoms. The molecule has 2 aromatic heterocycles. The lowest BCUT2D eigenvalue weighted by atomic mass is 9.96. The van der Waals surface area contributed by atoms with Gasteiger partial charge in [-0.2, -0.15) is 0 Å². The lowest BCUT2D eigenvalue weighted by molar-refractivity contribution is -0.135. The SMILES string of the molecule is CCS(=O)(=O)N1CCC[C@@H](c2cc3nc4c(c(=O)n3[nH]2)CN(C(=O)C(C)C)CC4)C1. The molecule has 0 radical (unpaired) electrons. The molecule has 0 bridgehead atoms. The van der Waals surface area contributed by atoms with E-state index < -0.39 is 10.0 Å². The van der Waals surface area contributed by atoms with Gasteiger partial charge in [0.1, 0.15) is 0 Å². The quantitative estimate of drug-likeness (QED) is 0.774. The number of hydrogen-bond acceptors (Lipinski definition) is 5. The molecule has 1 saturated heterocycles. The maximum absolute atomic E-state index is 13.1. The molecule has 164 valence electrons. The van der Waals surface area contributed by atoms with Gasteiger partial charge in [0, 0.05) is 49.7 Å². The second-order valence-electron chi connectivity index (χ2n) is 8.51. The van der Waals surface area contributed by atoms with Crippen molar-refractivity contribution in [3.8, 4) is 0 Å². The van der Waals surface area contributed by atoms with Gasteiger partial charge in [0.15, 0.2) is 5.65 Å². The van der Waals surface area contributed by atoms with Crippen LogP contribution in [0.3, 0.4) is 0 Å². The van der Waals surface area contributed by atoms with Gasteiger partial charge in [0.05, 0.1) is 23.6 Å². The molecular formula is C20H29N5O4S. The molecule has 0 aromatic carbocycles. The van der Waals surface area contributed by atoms with Crippen LogP contribution in [-0.4, -0.2) is 63.5 Å². The normalized spacial score (nSPS) is 20.7. The maximum Gasteiger partial charge on any atom is 0.277 e. The number of aromatic amines is 1. The standard InChI is InChI=1S/C20H29N5O4S/c1-4-30(28,29)24-8-5-6-14(11-24)17-10-18-21-16-7-9-23(19(26)13(2)3)12-15(16)20(27)25(18)22-17/h10,13-14,22H,4-9,11-12H2,1-3H3/t14-/m1/s1. The van der Waals surface area contributed by atoms with Crippen LogP contribution >= 0.6 is 0 Å². The van der Waals surface area contributed by atoms with E-state index in [2.05, 4.69) is 10.1 Å². The first-order valence-electron chi connectivity index (χ1n) is 10.6. The van der Waals surface area contributed by atoms with Crippen molar-refractivity contribution in [3.05, 3.63) is 33.4 Å². The largest absolute Gasteiger partial charge is 0.337 e. The topological polar surface area (TPSA) is 108 Å². The van der Waals surface area contributed by atoms with Crippen molar-refractivity contribution in [1.29, 1.82) is 0 Å². The lowest BCUT2D eigenvalue weighted by Crippen LogP contribution is -2.42. The molecule has 2 aliphatic heterocycles. The first-order chi connectivity index (χ1) is 14.2. The van der Waals surface area contributed by atoms with Gasteiger partial charge in [-0.25, -0.2) is 22.2 Å². The number of nitrogens with one attached hydrogen (secondary N) is 1. The number of hydrogen-bond donors (Lipinski definition) is 1. The number of aromatic nitrogens is 3. The number of fused-ring (bicyclic) bond motifs is 2. The molecular weight excluding hydrogens is 406 g/mol. The summed E-state index contributed by atoms with van der Waals surface area (Å²) in [5.74, 6) is 0.0110. The molecule has 2 aliphatic rings. The third-order valence-electron chi connectivity index (χ3n) is 6.17. The number of rotatable bonds is 4. The van der Waals surface area contributed by atoms with E-state index in [4.69, 9.17) is 0 Å². The van der Waals surface area contributed by atoms with Crippen molar-refractivity contribution in [2.45, 2.75) is 52.5 Å². The Morgan fingerprint density at radius 3 is 2.80 bits per heavy atom. The first kappa shape index (κ1) is 21.0. The Hall–Kier alpha value is -2.20. The fourth-order valence-electron chi connectivity index (χ4n) is 4.39. The minimum Gasteiger partial charge on any atom is -0.337 e. The molecule has 0 aliphatic carbocycles. The van der Waals surface area contributed by atoms with E-state index >= 15 is 0 Å². The van der Waals surface area contributed by atoms with Crippen LogP contribution in [0.5, 0.6) is 0 Å². The molecule has 2 aromatic rings. The van der Waals surface area contributed by atoms with Gasteiger partial charge < -0.3 is 4.90 Å². The van der Waals surface area contributed by atoms with E-state index in [0.29, 0.717) is 37.3 Å². The van der Waals surface area contributed by atoms with Crippen molar-refractivity contribution in [2.75, 3.05) is 25.4 Å². The fourth-order valence-corrected chi connectivity index (χ4v) is 5.57. The summed E-state index contributed by atoms with van der Waals surface area (Å²) in [7, 11) is -3.24. The predicted molar refractivity (Wildman–Crippen MR) is 113 cm³/mol. The van der Waals surface area contributed by atoms with Gasteiger partial charge in [-0.15, -0.1) is 0 Å². The Kier molecular flexibility index (Phi) is 5.48. The Labute approximate surface area is 176 Å². The van der Waals surface area contributed by atoms with Crippen LogP contribution in [0.2, 0.25) is 0 Å². The molecule has 0 saturated carbocycles. The molecule has 9 nitrogen and oxygen atoms in total. The summed E-state index contributed by atoms with van der Waals surface area (Å²) in [5, 5.41) is 3.16.